The molecule has 1 amide bonds. The summed E-state index contributed by atoms with van der Waals surface area (Å²) >= 11 is 3.37. The highest BCUT2D eigenvalue weighted by atomic mass is 79.9. The zero-order valence-electron chi connectivity index (χ0n) is 12.8. The fourth-order valence-corrected chi connectivity index (χ4v) is 2.31. The van der Waals surface area contributed by atoms with Gasteiger partial charge in [-0.15, -0.1) is 0 Å². The van der Waals surface area contributed by atoms with E-state index in [4.69, 9.17) is 0 Å². The molecule has 0 radical (unpaired) electrons. The summed E-state index contributed by atoms with van der Waals surface area (Å²) in [6.45, 7) is 2.31. The summed E-state index contributed by atoms with van der Waals surface area (Å²) in [6, 6.07) is 10.4. The Morgan fingerprint density at radius 1 is 1.22 bits per heavy atom. The second-order valence-corrected chi connectivity index (χ2v) is 6.25. The maximum atomic E-state index is 13.6. The molecule has 3 nitrogen and oxygen atoms in total. The smallest absolute Gasteiger partial charge is 0.241 e. The standard InChI is InChI=1S/C17H17BrF2N2O/c1-11(22(2)10-12-3-5-13(18)6-4-12)17(23)21-16-8-7-14(19)9-15(16)20/h3-9,11H,10H2,1-2H3,(H,21,23). The van der Waals surface area contributed by atoms with Crippen LogP contribution in [0.4, 0.5) is 14.5 Å². The van der Waals surface area contributed by atoms with Gasteiger partial charge < -0.3 is 5.32 Å². The molecule has 1 unspecified atom stereocenters. The molecule has 2 rings (SSSR count). The third kappa shape index (κ3) is 4.84. The number of nitrogens with zero attached hydrogens (tertiary/aromatic N) is 1. The SMILES string of the molecule is CC(C(=O)Nc1ccc(F)cc1F)N(C)Cc1ccc(Br)cc1. The first kappa shape index (κ1) is 17.6. The average molecular weight is 383 g/mol. The highest BCUT2D eigenvalue weighted by Crippen LogP contribution is 2.17. The molecular weight excluding hydrogens is 366 g/mol. The summed E-state index contributed by atoms with van der Waals surface area (Å²) in [5.74, 6) is -1.82. The van der Waals surface area contributed by atoms with Crippen molar-refractivity contribution < 1.29 is 13.6 Å². The number of rotatable bonds is 5. The first-order chi connectivity index (χ1) is 10.9. The maximum Gasteiger partial charge on any atom is 0.241 e. The fraction of sp³-hybridized carbons (Fsp3) is 0.235. The third-order valence-electron chi connectivity index (χ3n) is 3.57. The molecular formula is C17H17BrF2N2O. The van der Waals surface area contributed by atoms with Crippen LogP contribution in [0.1, 0.15) is 12.5 Å². The Morgan fingerprint density at radius 3 is 2.48 bits per heavy atom. The molecule has 0 aliphatic rings. The molecule has 0 aliphatic carbocycles. The van der Waals surface area contributed by atoms with E-state index >= 15 is 0 Å². The summed E-state index contributed by atoms with van der Waals surface area (Å²) < 4.78 is 27.5. The van der Waals surface area contributed by atoms with Gasteiger partial charge in [-0.1, -0.05) is 28.1 Å². The first-order valence-corrected chi connectivity index (χ1v) is 7.86. The van der Waals surface area contributed by atoms with Crippen molar-refractivity contribution >= 4 is 27.5 Å². The Morgan fingerprint density at radius 2 is 1.87 bits per heavy atom. The number of hydrogen-bond donors (Lipinski definition) is 1. The van der Waals surface area contributed by atoms with E-state index in [1.54, 1.807) is 6.92 Å². The molecule has 2 aromatic rings. The molecule has 0 aromatic heterocycles. The Kier molecular flexibility index (Phi) is 5.85. The van der Waals surface area contributed by atoms with Crippen molar-refractivity contribution in [1.82, 2.24) is 4.90 Å². The molecule has 0 saturated carbocycles. The molecule has 2 aromatic carbocycles. The third-order valence-corrected chi connectivity index (χ3v) is 4.10. The van der Waals surface area contributed by atoms with Crippen LogP contribution in [0.25, 0.3) is 0 Å². The lowest BCUT2D eigenvalue weighted by atomic mass is 10.2. The van der Waals surface area contributed by atoms with Crippen LogP contribution >= 0.6 is 15.9 Å². The minimum atomic E-state index is -0.791. The van der Waals surface area contributed by atoms with E-state index in [-0.39, 0.29) is 11.6 Å². The zero-order chi connectivity index (χ0) is 17.0. The van der Waals surface area contributed by atoms with E-state index < -0.39 is 17.7 Å². The summed E-state index contributed by atoms with van der Waals surface area (Å²) in [4.78, 5) is 14.1. The molecule has 1 atom stereocenters. The van der Waals surface area contributed by atoms with Gasteiger partial charge in [0, 0.05) is 17.1 Å². The Hall–Kier alpha value is -1.79. The van der Waals surface area contributed by atoms with Gasteiger partial charge in [-0.25, -0.2) is 8.78 Å². The largest absolute Gasteiger partial charge is 0.322 e. The lowest BCUT2D eigenvalue weighted by Crippen LogP contribution is -2.39. The van der Waals surface area contributed by atoms with Crippen LogP contribution in [0, 0.1) is 11.6 Å². The molecule has 0 heterocycles. The van der Waals surface area contributed by atoms with Gasteiger partial charge in [-0.3, -0.25) is 9.69 Å². The number of anilines is 1. The molecule has 0 fully saturated rings. The number of nitrogens with one attached hydrogen (secondary N) is 1. The normalized spacial score (nSPS) is 12.3. The van der Waals surface area contributed by atoms with Gasteiger partial charge in [0.2, 0.25) is 5.91 Å². The Balaban J connectivity index is 1.99. The highest BCUT2D eigenvalue weighted by Gasteiger charge is 2.19. The molecule has 122 valence electrons. The second-order valence-electron chi connectivity index (χ2n) is 5.33. The summed E-state index contributed by atoms with van der Waals surface area (Å²) in [5, 5.41) is 2.48. The van der Waals surface area contributed by atoms with Crippen LogP contribution in [-0.4, -0.2) is 23.9 Å². The molecule has 6 heteroatoms. The molecule has 0 bridgehead atoms. The zero-order valence-corrected chi connectivity index (χ0v) is 14.4. The number of carbonyl (C=O) groups is 1. The van der Waals surface area contributed by atoms with E-state index in [2.05, 4.69) is 21.2 Å². The first-order valence-electron chi connectivity index (χ1n) is 7.07. The number of likely N-dealkylation sites (N-methyl/N-ethyl adjacent to an activating group) is 1. The fourth-order valence-electron chi connectivity index (χ4n) is 2.04. The highest BCUT2D eigenvalue weighted by molar-refractivity contribution is 9.10. The molecule has 1 N–H and O–H groups in total. The lowest BCUT2D eigenvalue weighted by Gasteiger charge is -2.24. The van der Waals surface area contributed by atoms with E-state index in [0.717, 1.165) is 22.2 Å². The summed E-state index contributed by atoms with van der Waals surface area (Å²) in [6.07, 6.45) is 0. The van der Waals surface area contributed by atoms with Gasteiger partial charge in [0.25, 0.3) is 0 Å². The number of carbonyl (C=O) groups excluding carboxylic acids is 1. The molecule has 0 aliphatic heterocycles. The van der Waals surface area contributed by atoms with Gasteiger partial charge in [-0.05, 0) is 43.8 Å². The minimum Gasteiger partial charge on any atom is -0.322 e. The summed E-state index contributed by atoms with van der Waals surface area (Å²) in [7, 11) is 1.81. The maximum absolute atomic E-state index is 13.6. The molecule has 0 saturated heterocycles. The van der Waals surface area contributed by atoms with Crippen LogP contribution in [-0.2, 0) is 11.3 Å². The van der Waals surface area contributed by atoms with Gasteiger partial charge >= 0.3 is 0 Å². The lowest BCUT2D eigenvalue weighted by molar-refractivity contribution is -0.120. The predicted molar refractivity (Wildman–Crippen MR) is 90.1 cm³/mol. The van der Waals surface area contributed by atoms with Gasteiger partial charge in [0.1, 0.15) is 11.6 Å². The van der Waals surface area contributed by atoms with Crippen LogP contribution in [0.5, 0.6) is 0 Å². The van der Waals surface area contributed by atoms with E-state index in [9.17, 15) is 13.6 Å². The van der Waals surface area contributed by atoms with Crippen molar-refractivity contribution in [3.63, 3.8) is 0 Å². The second kappa shape index (κ2) is 7.66. The van der Waals surface area contributed by atoms with Crippen molar-refractivity contribution in [2.75, 3.05) is 12.4 Å². The van der Waals surface area contributed by atoms with E-state index in [1.165, 1.54) is 6.07 Å². The number of hydrogen-bond acceptors (Lipinski definition) is 2. The Labute approximate surface area is 142 Å². The summed E-state index contributed by atoms with van der Waals surface area (Å²) in [5.41, 5.74) is 1.03. The van der Waals surface area contributed by atoms with E-state index in [0.29, 0.717) is 6.54 Å². The average Bonchev–Trinajstić information content (AvgIpc) is 2.51. The number of amides is 1. The minimum absolute atomic E-state index is 0.0275. The van der Waals surface area contributed by atoms with Crippen LogP contribution in [0.15, 0.2) is 46.9 Å². The van der Waals surface area contributed by atoms with Crippen molar-refractivity contribution in [3.05, 3.63) is 64.1 Å². The Bertz CT molecular complexity index is 691. The van der Waals surface area contributed by atoms with Crippen molar-refractivity contribution in [1.29, 1.82) is 0 Å². The quantitative estimate of drug-likeness (QED) is 0.840. The van der Waals surface area contributed by atoms with Crippen LogP contribution in [0.3, 0.4) is 0 Å². The number of halogens is 3. The van der Waals surface area contributed by atoms with E-state index in [1.807, 2.05) is 36.2 Å². The molecule has 23 heavy (non-hydrogen) atoms. The van der Waals surface area contributed by atoms with Gasteiger partial charge in [0.05, 0.1) is 11.7 Å². The monoisotopic (exact) mass is 382 g/mol. The van der Waals surface area contributed by atoms with Crippen LogP contribution < -0.4 is 5.32 Å². The van der Waals surface area contributed by atoms with Crippen molar-refractivity contribution in [2.45, 2.75) is 19.5 Å². The van der Waals surface area contributed by atoms with Crippen molar-refractivity contribution in [3.8, 4) is 0 Å². The topological polar surface area (TPSA) is 32.3 Å². The molecule has 0 spiro atoms. The predicted octanol–water partition coefficient (Wildman–Crippen LogP) is 4.19. The van der Waals surface area contributed by atoms with Gasteiger partial charge in [-0.2, -0.15) is 0 Å². The number of benzene rings is 2. The van der Waals surface area contributed by atoms with Crippen LogP contribution in [0.2, 0.25) is 0 Å². The van der Waals surface area contributed by atoms with Crippen molar-refractivity contribution in [2.24, 2.45) is 0 Å². The van der Waals surface area contributed by atoms with Gasteiger partial charge in [0.15, 0.2) is 0 Å².